The summed E-state index contributed by atoms with van der Waals surface area (Å²) in [6, 6.07) is 3.59. The number of aryl methyl sites for hydroxylation is 1. The molecule has 0 spiro atoms. The maximum absolute atomic E-state index is 12.2. The number of ketones is 1. The van der Waals surface area contributed by atoms with Gasteiger partial charge >= 0.3 is 0 Å². The van der Waals surface area contributed by atoms with E-state index in [0.29, 0.717) is 11.3 Å². The highest BCUT2D eigenvalue weighted by molar-refractivity contribution is 9.10. The molecular weight excluding hydrogens is 320 g/mol. The van der Waals surface area contributed by atoms with Crippen LogP contribution in [0.5, 0.6) is 0 Å². The topological polar surface area (TPSA) is 49.4 Å². The van der Waals surface area contributed by atoms with Gasteiger partial charge in [-0.05, 0) is 24.1 Å². The van der Waals surface area contributed by atoms with Crippen LogP contribution in [-0.2, 0) is 11.2 Å². The van der Waals surface area contributed by atoms with Gasteiger partial charge in [0.1, 0.15) is 0 Å². The average molecular weight is 339 g/mol. The van der Waals surface area contributed by atoms with E-state index in [-0.39, 0.29) is 11.7 Å². The van der Waals surface area contributed by atoms with Crippen LogP contribution in [0.1, 0.15) is 29.8 Å². The van der Waals surface area contributed by atoms with Crippen LogP contribution < -0.4 is 5.32 Å². The maximum atomic E-state index is 12.2. The molecule has 0 aliphatic carbocycles. The second-order valence-corrected chi connectivity index (χ2v) is 5.52. The molecule has 1 amide bonds. The molecule has 0 radical (unpaired) electrons. The standard InChI is InChI=1S/C15H19BrN2O2/c1-5-11-8-14(17-10(2)19)12(9-13(11)16)15(20)6-7-18(3)4/h6-9H,5H2,1-4H3,(H,17,19)/b7-6+. The van der Waals surface area contributed by atoms with Crippen molar-refractivity contribution < 1.29 is 9.59 Å². The number of hydrogen-bond donors (Lipinski definition) is 1. The van der Waals surface area contributed by atoms with Crippen LogP contribution in [0.15, 0.2) is 28.9 Å². The maximum Gasteiger partial charge on any atom is 0.221 e. The molecule has 1 rings (SSSR count). The van der Waals surface area contributed by atoms with Crippen molar-refractivity contribution in [3.63, 3.8) is 0 Å². The fourth-order valence-electron chi connectivity index (χ4n) is 1.69. The SMILES string of the molecule is CCc1cc(NC(C)=O)c(C(=O)/C=C/N(C)C)cc1Br. The van der Waals surface area contributed by atoms with Gasteiger partial charge in [0.15, 0.2) is 5.78 Å². The first-order valence-electron chi connectivity index (χ1n) is 6.34. The first kappa shape index (κ1) is 16.4. The molecular formula is C15H19BrN2O2. The molecule has 1 N–H and O–H groups in total. The summed E-state index contributed by atoms with van der Waals surface area (Å²) in [5, 5.41) is 2.72. The monoisotopic (exact) mass is 338 g/mol. The van der Waals surface area contributed by atoms with Crippen molar-refractivity contribution in [2.75, 3.05) is 19.4 Å². The molecule has 0 atom stereocenters. The Bertz CT molecular complexity index is 551. The van der Waals surface area contributed by atoms with Crippen LogP contribution in [0.3, 0.4) is 0 Å². The Morgan fingerprint density at radius 1 is 1.35 bits per heavy atom. The molecule has 0 aliphatic heterocycles. The minimum atomic E-state index is -0.194. The summed E-state index contributed by atoms with van der Waals surface area (Å²) in [6.07, 6.45) is 3.98. The molecule has 1 aromatic carbocycles. The summed E-state index contributed by atoms with van der Waals surface area (Å²) in [5.74, 6) is -0.342. The molecule has 0 saturated heterocycles. The lowest BCUT2D eigenvalue weighted by atomic mass is 10.0. The van der Waals surface area contributed by atoms with Crippen molar-refractivity contribution in [1.82, 2.24) is 4.90 Å². The summed E-state index contributed by atoms with van der Waals surface area (Å²) in [7, 11) is 3.68. The highest BCUT2D eigenvalue weighted by Gasteiger charge is 2.13. The number of rotatable bonds is 5. The smallest absolute Gasteiger partial charge is 0.221 e. The van der Waals surface area contributed by atoms with Gasteiger partial charge in [-0.15, -0.1) is 0 Å². The summed E-state index contributed by atoms with van der Waals surface area (Å²) < 4.78 is 0.871. The number of benzene rings is 1. The number of hydrogen-bond acceptors (Lipinski definition) is 3. The van der Waals surface area contributed by atoms with Gasteiger partial charge in [0.2, 0.25) is 5.91 Å². The highest BCUT2D eigenvalue weighted by atomic mass is 79.9. The van der Waals surface area contributed by atoms with Crippen LogP contribution >= 0.6 is 15.9 Å². The van der Waals surface area contributed by atoms with Crippen LogP contribution in [0.25, 0.3) is 0 Å². The second kappa shape index (κ2) is 7.24. The fourth-order valence-corrected chi connectivity index (χ4v) is 2.32. The number of nitrogens with one attached hydrogen (secondary N) is 1. The van der Waals surface area contributed by atoms with Gasteiger partial charge < -0.3 is 10.2 Å². The van der Waals surface area contributed by atoms with Gasteiger partial charge in [-0.2, -0.15) is 0 Å². The minimum absolute atomic E-state index is 0.147. The lowest BCUT2D eigenvalue weighted by molar-refractivity contribution is -0.114. The Morgan fingerprint density at radius 2 is 2.00 bits per heavy atom. The van der Waals surface area contributed by atoms with Gasteiger partial charge in [0, 0.05) is 43.3 Å². The number of halogens is 1. The molecule has 108 valence electrons. The van der Waals surface area contributed by atoms with E-state index in [1.165, 1.54) is 13.0 Å². The molecule has 0 heterocycles. The second-order valence-electron chi connectivity index (χ2n) is 4.67. The van der Waals surface area contributed by atoms with Crippen molar-refractivity contribution in [3.05, 3.63) is 40.0 Å². The summed E-state index contributed by atoms with van der Waals surface area (Å²) in [4.78, 5) is 25.3. The zero-order chi connectivity index (χ0) is 15.3. The van der Waals surface area contributed by atoms with E-state index < -0.39 is 0 Å². The number of anilines is 1. The average Bonchev–Trinajstić information content (AvgIpc) is 2.36. The Labute approximate surface area is 128 Å². The van der Waals surface area contributed by atoms with E-state index in [9.17, 15) is 9.59 Å². The van der Waals surface area contributed by atoms with Gasteiger partial charge in [0.05, 0.1) is 5.69 Å². The lowest BCUT2D eigenvalue weighted by Crippen LogP contribution is -2.11. The number of allylic oxidation sites excluding steroid dienone is 1. The van der Waals surface area contributed by atoms with Crippen LogP contribution in [0, 0.1) is 0 Å². The first-order valence-corrected chi connectivity index (χ1v) is 7.13. The summed E-state index contributed by atoms with van der Waals surface area (Å²) in [6.45, 7) is 3.45. The first-order chi connectivity index (χ1) is 9.35. The van der Waals surface area contributed by atoms with E-state index in [1.807, 2.05) is 27.1 Å². The van der Waals surface area contributed by atoms with E-state index in [0.717, 1.165) is 16.5 Å². The third-order valence-electron chi connectivity index (χ3n) is 2.67. The Balaban J connectivity index is 3.25. The summed E-state index contributed by atoms with van der Waals surface area (Å²) >= 11 is 3.46. The third kappa shape index (κ3) is 4.49. The quantitative estimate of drug-likeness (QED) is 0.662. The van der Waals surface area contributed by atoms with Gasteiger partial charge in [-0.3, -0.25) is 9.59 Å². The Morgan fingerprint density at radius 3 is 2.50 bits per heavy atom. The zero-order valence-corrected chi connectivity index (χ0v) is 13.7. The van der Waals surface area contributed by atoms with Gasteiger partial charge in [-0.1, -0.05) is 22.9 Å². The Hall–Kier alpha value is -1.62. The lowest BCUT2D eigenvalue weighted by Gasteiger charge is -2.12. The summed E-state index contributed by atoms with van der Waals surface area (Å²) in [5.41, 5.74) is 2.07. The number of carbonyl (C=O) groups is 2. The number of amides is 1. The van der Waals surface area contributed by atoms with Gasteiger partial charge in [0.25, 0.3) is 0 Å². The van der Waals surface area contributed by atoms with E-state index >= 15 is 0 Å². The van der Waals surface area contributed by atoms with Gasteiger partial charge in [-0.25, -0.2) is 0 Å². The van der Waals surface area contributed by atoms with Crippen molar-refractivity contribution in [2.24, 2.45) is 0 Å². The fraction of sp³-hybridized carbons (Fsp3) is 0.333. The molecule has 0 aromatic heterocycles. The van der Waals surface area contributed by atoms with E-state index in [1.54, 1.807) is 17.2 Å². The number of carbonyl (C=O) groups excluding carboxylic acids is 2. The predicted octanol–water partition coefficient (Wildman–Crippen LogP) is 3.23. The molecule has 0 aliphatic rings. The van der Waals surface area contributed by atoms with E-state index in [2.05, 4.69) is 21.2 Å². The highest BCUT2D eigenvalue weighted by Crippen LogP contribution is 2.27. The van der Waals surface area contributed by atoms with Crippen molar-refractivity contribution in [1.29, 1.82) is 0 Å². The molecule has 1 aromatic rings. The zero-order valence-electron chi connectivity index (χ0n) is 12.2. The molecule has 5 heteroatoms. The largest absolute Gasteiger partial charge is 0.383 e. The van der Waals surface area contributed by atoms with Crippen molar-refractivity contribution in [2.45, 2.75) is 20.3 Å². The van der Waals surface area contributed by atoms with Crippen molar-refractivity contribution >= 4 is 33.3 Å². The predicted molar refractivity (Wildman–Crippen MR) is 85.0 cm³/mol. The number of nitrogens with zero attached hydrogens (tertiary/aromatic N) is 1. The molecule has 4 nitrogen and oxygen atoms in total. The molecule has 0 fully saturated rings. The Kier molecular flexibility index (Phi) is 5.95. The van der Waals surface area contributed by atoms with Crippen LogP contribution in [0.4, 0.5) is 5.69 Å². The minimum Gasteiger partial charge on any atom is -0.383 e. The van der Waals surface area contributed by atoms with E-state index in [4.69, 9.17) is 0 Å². The molecule has 0 unspecified atom stereocenters. The third-order valence-corrected chi connectivity index (χ3v) is 3.41. The molecule has 0 bridgehead atoms. The molecule has 20 heavy (non-hydrogen) atoms. The van der Waals surface area contributed by atoms with Crippen LogP contribution in [-0.4, -0.2) is 30.7 Å². The molecule has 0 saturated carbocycles. The van der Waals surface area contributed by atoms with Crippen LogP contribution in [0.2, 0.25) is 0 Å². The normalized spacial score (nSPS) is 10.7. The van der Waals surface area contributed by atoms with Crippen molar-refractivity contribution in [3.8, 4) is 0 Å².